The van der Waals surface area contributed by atoms with Gasteiger partial charge in [0, 0.05) is 29.6 Å². The molecule has 3 saturated carbocycles. The van der Waals surface area contributed by atoms with E-state index in [1.54, 1.807) is 6.07 Å². The minimum Gasteiger partial charge on any atom is -0.484 e. The summed E-state index contributed by atoms with van der Waals surface area (Å²) in [6, 6.07) is 11.4. The fraction of sp³-hybridized carbons (Fsp3) is 0.391. The van der Waals surface area contributed by atoms with Gasteiger partial charge in [-0.1, -0.05) is 35.3 Å². The molecule has 0 aliphatic heterocycles. The number of benzene rings is 2. The normalized spacial score (nSPS) is 24.1. The second kappa shape index (κ2) is 9.45. The summed E-state index contributed by atoms with van der Waals surface area (Å²) in [5.74, 6) is -0.00815. The summed E-state index contributed by atoms with van der Waals surface area (Å²) in [6.45, 7) is 0.202. The molecule has 0 heterocycles. The molecule has 0 radical (unpaired) electrons. The topological polar surface area (TPSA) is 67.4 Å². The molecular weight excluding hydrogens is 442 g/mol. The number of carbonyl (C=O) groups excluding carboxylic acids is 2. The number of ether oxygens (including phenoxy) is 1. The molecule has 2 aromatic rings. The van der Waals surface area contributed by atoms with Gasteiger partial charge in [-0.3, -0.25) is 9.59 Å². The first kappa shape index (κ1) is 21.9. The van der Waals surface area contributed by atoms with E-state index in [-0.39, 0.29) is 41.2 Å². The van der Waals surface area contributed by atoms with Gasteiger partial charge in [0.1, 0.15) is 11.6 Å². The SMILES string of the molecule is O=C(COc1ccc(Cl)c(F)c1)N[C@@H]1C[C@H](C(=O)NCc2cccc(Cl)c2)C2CC1C2. The highest BCUT2D eigenvalue weighted by molar-refractivity contribution is 6.31. The molecule has 0 unspecified atom stereocenters. The van der Waals surface area contributed by atoms with E-state index in [2.05, 4.69) is 10.6 Å². The highest BCUT2D eigenvalue weighted by Gasteiger charge is 2.48. The Kier molecular flexibility index (Phi) is 6.68. The third kappa shape index (κ3) is 5.31. The Hall–Kier alpha value is -2.31. The van der Waals surface area contributed by atoms with Crippen molar-refractivity contribution >= 4 is 35.0 Å². The zero-order valence-corrected chi connectivity index (χ0v) is 18.3. The number of amides is 2. The molecule has 2 atom stereocenters. The van der Waals surface area contributed by atoms with Gasteiger partial charge in [0.25, 0.3) is 5.91 Å². The lowest BCUT2D eigenvalue weighted by atomic mass is 9.57. The van der Waals surface area contributed by atoms with Crippen LogP contribution >= 0.6 is 23.2 Å². The molecule has 3 aliphatic rings. The number of carbonyl (C=O) groups is 2. The molecule has 2 N–H and O–H groups in total. The fourth-order valence-corrected chi connectivity index (χ4v) is 4.78. The van der Waals surface area contributed by atoms with Crippen LogP contribution < -0.4 is 15.4 Å². The lowest BCUT2D eigenvalue weighted by molar-refractivity contribution is -0.136. The van der Waals surface area contributed by atoms with Gasteiger partial charge >= 0.3 is 0 Å². The number of nitrogens with one attached hydrogen (secondary N) is 2. The lowest BCUT2D eigenvalue weighted by Crippen LogP contribution is -2.56. The van der Waals surface area contributed by atoms with Gasteiger partial charge in [-0.2, -0.15) is 0 Å². The van der Waals surface area contributed by atoms with E-state index in [0.717, 1.165) is 24.5 Å². The molecule has 3 aliphatic carbocycles. The molecule has 8 heteroatoms. The first-order valence-corrected chi connectivity index (χ1v) is 11.0. The Morgan fingerprint density at radius 2 is 1.87 bits per heavy atom. The molecule has 5 rings (SSSR count). The summed E-state index contributed by atoms with van der Waals surface area (Å²) in [6.07, 6.45) is 2.48. The average Bonchev–Trinajstić information content (AvgIpc) is 2.72. The predicted octanol–water partition coefficient (Wildman–Crippen LogP) is 4.36. The first-order valence-electron chi connectivity index (χ1n) is 10.3. The van der Waals surface area contributed by atoms with Crippen LogP contribution in [0.4, 0.5) is 4.39 Å². The van der Waals surface area contributed by atoms with Crippen molar-refractivity contribution in [1.82, 2.24) is 10.6 Å². The van der Waals surface area contributed by atoms with Gasteiger partial charge in [-0.15, -0.1) is 0 Å². The predicted molar refractivity (Wildman–Crippen MR) is 116 cm³/mol. The third-order valence-electron chi connectivity index (χ3n) is 6.16. The van der Waals surface area contributed by atoms with Crippen molar-refractivity contribution in [1.29, 1.82) is 0 Å². The van der Waals surface area contributed by atoms with Crippen molar-refractivity contribution in [3.63, 3.8) is 0 Å². The van der Waals surface area contributed by atoms with E-state index >= 15 is 0 Å². The van der Waals surface area contributed by atoms with Gasteiger partial charge in [-0.25, -0.2) is 4.39 Å². The van der Waals surface area contributed by atoms with E-state index in [1.807, 2.05) is 18.2 Å². The maximum absolute atomic E-state index is 13.5. The quantitative estimate of drug-likeness (QED) is 0.639. The number of fused-ring (bicyclic) bond motifs is 2. The summed E-state index contributed by atoms with van der Waals surface area (Å²) < 4.78 is 18.8. The van der Waals surface area contributed by atoms with E-state index in [4.69, 9.17) is 27.9 Å². The van der Waals surface area contributed by atoms with Crippen molar-refractivity contribution in [2.45, 2.75) is 31.8 Å². The van der Waals surface area contributed by atoms with E-state index in [0.29, 0.717) is 29.8 Å². The molecular formula is C23H23Cl2FN2O3. The number of halogens is 3. The van der Waals surface area contributed by atoms with Gasteiger partial charge in [0.15, 0.2) is 6.61 Å². The van der Waals surface area contributed by atoms with Gasteiger partial charge < -0.3 is 15.4 Å². The zero-order valence-electron chi connectivity index (χ0n) is 16.7. The maximum Gasteiger partial charge on any atom is 0.258 e. The molecule has 2 aromatic carbocycles. The standard InChI is InChI=1S/C23H23Cl2FN2O3/c24-16-3-1-2-13(6-16)11-27-23(30)18-10-21(15-7-14(18)8-15)28-22(29)12-31-17-4-5-19(25)20(26)9-17/h1-6,9,14-15,18,21H,7-8,10-12H2,(H,27,30)(H,28,29)/t14?,15?,18-,21+/m0/s1. The monoisotopic (exact) mass is 464 g/mol. The van der Waals surface area contributed by atoms with Crippen LogP contribution in [0, 0.1) is 23.6 Å². The Bertz CT molecular complexity index is 981. The van der Waals surface area contributed by atoms with Gasteiger partial charge in [-0.05, 0) is 60.9 Å². The fourth-order valence-electron chi connectivity index (χ4n) is 4.45. The Morgan fingerprint density at radius 1 is 1.06 bits per heavy atom. The van der Waals surface area contributed by atoms with E-state index in [1.165, 1.54) is 12.1 Å². The van der Waals surface area contributed by atoms with E-state index in [9.17, 15) is 14.0 Å². The number of hydrogen-bond acceptors (Lipinski definition) is 3. The van der Waals surface area contributed by atoms with Crippen LogP contribution in [0.5, 0.6) is 5.75 Å². The van der Waals surface area contributed by atoms with Crippen LogP contribution in [0.1, 0.15) is 24.8 Å². The summed E-state index contributed by atoms with van der Waals surface area (Å²) in [5, 5.41) is 6.62. The molecule has 0 saturated heterocycles. The van der Waals surface area contributed by atoms with Crippen LogP contribution in [0.15, 0.2) is 42.5 Å². The van der Waals surface area contributed by atoms with Crippen molar-refractivity contribution in [2.24, 2.45) is 17.8 Å². The van der Waals surface area contributed by atoms with Gasteiger partial charge in [0.2, 0.25) is 5.91 Å². The summed E-state index contributed by atoms with van der Waals surface area (Å²) in [4.78, 5) is 25.1. The Labute approximate surface area is 190 Å². The van der Waals surface area contributed by atoms with Crippen LogP contribution in [0.25, 0.3) is 0 Å². The molecule has 164 valence electrons. The number of hydrogen-bond donors (Lipinski definition) is 2. The van der Waals surface area contributed by atoms with Gasteiger partial charge in [0.05, 0.1) is 5.02 Å². The average molecular weight is 465 g/mol. The molecule has 31 heavy (non-hydrogen) atoms. The van der Waals surface area contributed by atoms with Crippen molar-refractivity contribution in [3.05, 3.63) is 63.9 Å². The highest BCUT2D eigenvalue weighted by Crippen LogP contribution is 2.49. The van der Waals surface area contributed by atoms with Crippen molar-refractivity contribution < 1.29 is 18.7 Å². The third-order valence-corrected chi connectivity index (χ3v) is 6.70. The molecule has 2 bridgehead atoms. The minimum absolute atomic E-state index is 0.00164. The smallest absolute Gasteiger partial charge is 0.258 e. The van der Waals surface area contributed by atoms with Crippen molar-refractivity contribution in [3.8, 4) is 5.75 Å². The van der Waals surface area contributed by atoms with Crippen LogP contribution in [0.3, 0.4) is 0 Å². The minimum atomic E-state index is -0.598. The van der Waals surface area contributed by atoms with E-state index < -0.39 is 5.82 Å². The highest BCUT2D eigenvalue weighted by atomic mass is 35.5. The van der Waals surface area contributed by atoms with Crippen LogP contribution in [0.2, 0.25) is 10.0 Å². The molecule has 5 nitrogen and oxygen atoms in total. The largest absolute Gasteiger partial charge is 0.484 e. The van der Waals surface area contributed by atoms with Crippen LogP contribution in [-0.2, 0) is 16.1 Å². The van der Waals surface area contributed by atoms with Crippen LogP contribution in [-0.4, -0.2) is 24.5 Å². The second-order valence-corrected chi connectivity index (χ2v) is 9.06. The summed E-state index contributed by atoms with van der Waals surface area (Å²) >= 11 is 11.6. The first-order chi connectivity index (χ1) is 14.9. The van der Waals surface area contributed by atoms with Crippen molar-refractivity contribution in [2.75, 3.05) is 6.61 Å². The molecule has 2 amide bonds. The Balaban J connectivity index is 1.27. The number of rotatable bonds is 7. The second-order valence-electron chi connectivity index (χ2n) is 8.22. The molecule has 0 aromatic heterocycles. The summed E-state index contributed by atoms with van der Waals surface area (Å²) in [7, 11) is 0. The zero-order chi connectivity index (χ0) is 22.0. The summed E-state index contributed by atoms with van der Waals surface area (Å²) in [5.41, 5.74) is 0.948. The molecule has 0 spiro atoms. The lowest BCUT2D eigenvalue weighted by Gasteiger charge is -2.50. The molecule has 3 fully saturated rings. The Morgan fingerprint density at radius 3 is 2.61 bits per heavy atom. The maximum atomic E-state index is 13.5.